The molecule has 2 aliphatic rings. The number of piperidine rings is 1. The van der Waals surface area contributed by atoms with Crippen LogP contribution in [0, 0.1) is 0 Å². The van der Waals surface area contributed by atoms with Crippen molar-refractivity contribution in [2.24, 2.45) is 0 Å². The Balaban J connectivity index is 1.40. The summed E-state index contributed by atoms with van der Waals surface area (Å²) in [6, 6.07) is 0.415. The van der Waals surface area contributed by atoms with Crippen LogP contribution in [0.25, 0.3) is 0 Å². The summed E-state index contributed by atoms with van der Waals surface area (Å²) < 4.78 is 13.0. The molecule has 0 aliphatic carbocycles. The standard InChI is InChI=1S/C16H28N4O3/c21-15(10-22-11-16-5-3-7-23-16)9-19-6-2-1-4-14(19)8-20-13-17-12-18-20/h12-16,21H,1-11H2/t14-,15-,16-/m0/s1. The van der Waals surface area contributed by atoms with E-state index in [0.29, 0.717) is 25.8 Å². The lowest BCUT2D eigenvalue weighted by Gasteiger charge is -2.36. The second kappa shape index (κ2) is 8.73. The fraction of sp³-hybridized carbons (Fsp3) is 0.875. The van der Waals surface area contributed by atoms with Crippen molar-refractivity contribution in [1.82, 2.24) is 19.7 Å². The number of β-amino-alcohol motifs (C(OH)–C–C–N with tert-alkyl or cyclic N) is 1. The summed E-state index contributed by atoms with van der Waals surface area (Å²) in [7, 11) is 0. The van der Waals surface area contributed by atoms with Gasteiger partial charge in [-0.3, -0.25) is 9.58 Å². The lowest BCUT2D eigenvalue weighted by Crippen LogP contribution is -2.46. The quantitative estimate of drug-likeness (QED) is 0.758. The smallest absolute Gasteiger partial charge is 0.137 e. The van der Waals surface area contributed by atoms with E-state index in [1.165, 1.54) is 12.8 Å². The molecule has 2 saturated heterocycles. The Morgan fingerprint density at radius 2 is 2.26 bits per heavy atom. The minimum absolute atomic E-state index is 0.220. The van der Waals surface area contributed by atoms with Crippen LogP contribution >= 0.6 is 0 Å². The molecule has 3 rings (SSSR count). The predicted molar refractivity (Wildman–Crippen MR) is 85.0 cm³/mol. The Morgan fingerprint density at radius 3 is 3.04 bits per heavy atom. The van der Waals surface area contributed by atoms with Crippen LogP contribution in [-0.4, -0.2) is 75.9 Å². The molecule has 2 fully saturated rings. The zero-order valence-electron chi connectivity index (χ0n) is 13.7. The number of ether oxygens (including phenoxy) is 2. The molecule has 0 radical (unpaired) electrons. The normalized spacial score (nSPS) is 27.3. The molecule has 3 atom stereocenters. The topological polar surface area (TPSA) is 72.6 Å². The molecule has 0 spiro atoms. The molecule has 0 saturated carbocycles. The number of hydrogen-bond acceptors (Lipinski definition) is 6. The molecule has 0 unspecified atom stereocenters. The van der Waals surface area contributed by atoms with E-state index in [-0.39, 0.29) is 6.10 Å². The first-order valence-corrected chi connectivity index (χ1v) is 8.75. The lowest BCUT2D eigenvalue weighted by molar-refractivity contribution is -0.0322. The minimum atomic E-state index is -0.451. The highest BCUT2D eigenvalue weighted by atomic mass is 16.5. The van der Waals surface area contributed by atoms with Gasteiger partial charge in [0, 0.05) is 19.2 Å². The number of likely N-dealkylation sites (tertiary alicyclic amines) is 1. The van der Waals surface area contributed by atoms with Crippen molar-refractivity contribution in [2.45, 2.75) is 56.9 Å². The SMILES string of the molecule is O[C@H](COC[C@@H]1CCCO1)CN1CCCC[C@H]1Cn1cncn1. The second-order valence-corrected chi connectivity index (χ2v) is 6.59. The van der Waals surface area contributed by atoms with Gasteiger partial charge in [0.1, 0.15) is 12.7 Å². The third-order valence-electron chi connectivity index (χ3n) is 4.70. The van der Waals surface area contributed by atoms with Crippen molar-refractivity contribution in [3.63, 3.8) is 0 Å². The van der Waals surface area contributed by atoms with Crippen molar-refractivity contribution in [2.75, 3.05) is 32.9 Å². The van der Waals surface area contributed by atoms with E-state index in [0.717, 1.165) is 39.0 Å². The van der Waals surface area contributed by atoms with Crippen LogP contribution in [0.3, 0.4) is 0 Å². The summed E-state index contributed by atoms with van der Waals surface area (Å²) in [6.45, 7) is 4.34. The molecule has 0 amide bonds. The van der Waals surface area contributed by atoms with Gasteiger partial charge < -0.3 is 14.6 Å². The van der Waals surface area contributed by atoms with E-state index in [2.05, 4.69) is 15.0 Å². The van der Waals surface area contributed by atoms with Crippen molar-refractivity contribution < 1.29 is 14.6 Å². The van der Waals surface area contributed by atoms with Gasteiger partial charge >= 0.3 is 0 Å². The summed E-state index contributed by atoms with van der Waals surface area (Å²) in [5.74, 6) is 0. The Labute approximate surface area is 137 Å². The summed E-state index contributed by atoms with van der Waals surface area (Å²) >= 11 is 0. The summed E-state index contributed by atoms with van der Waals surface area (Å²) in [6.07, 6.45) is 8.86. The average Bonchev–Trinajstić information content (AvgIpc) is 3.23. The van der Waals surface area contributed by atoms with Crippen LogP contribution < -0.4 is 0 Å². The van der Waals surface area contributed by atoms with Gasteiger partial charge in [0.15, 0.2) is 0 Å². The number of rotatable bonds is 8. The first-order valence-electron chi connectivity index (χ1n) is 8.75. The lowest BCUT2D eigenvalue weighted by atomic mass is 10.0. The van der Waals surface area contributed by atoms with E-state index in [1.54, 1.807) is 12.7 Å². The maximum absolute atomic E-state index is 10.3. The van der Waals surface area contributed by atoms with Crippen LogP contribution in [0.15, 0.2) is 12.7 Å². The molecule has 1 aromatic rings. The van der Waals surface area contributed by atoms with Gasteiger partial charge in [-0.1, -0.05) is 6.42 Å². The summed E-state index contributed by atoms with van der Waals surface area (Å²) in [5, 5.41) is 14.5. The van der Waals surface area contributed by atoms with E-state index in [1.807, 2.05) is 4.68 Å². The summed E-state index contributed by atoms with van der Waals surface area (Å²) in [5.41, 5.74) is 0. The molecule has 2 aliphatic heterocycles. The molecular weight excluding hydrogens is 296 g/mol. The highest BCUT2D eigenvalue weighted by molar-refractivity contribution is 4.79. The molecule has 130 valence electrons. The molecule has 0 bridgehead atoms. The number of hydrogen-bond donors (Lipinski definition) is 1. The average molecular weight is 324 g/mol. The first-order chi connectivity index (χ1) is 11.3. The van der Waals surface area contributed by atoms with E-state index < -0.39 is 6.10 Å². The fourth-order valence-electron chi connectivity index (χ4n) is 3.48. The Morgan fingerprint density at radius 1 is 1.30 bits per heavy atom. The second-order valence-electron chi connectivity index (χ2n) is 6.59. The number of aliphatic hydroxyl groups is 1. The van der Waals surface area contributed by atoms with Gasteiger partial charge in [-0.05, 0) is 32.2 Å². The molecule has 1 N–H and O–H groups in total. The molecule has 0 aromatic carbocycles. The third kappa shape index (κ3) is 5.24. The zero-order chi connectivity index (χ0) is 15.9. The maximum Gasteiger partial charge on any atom is 0.137 e. The Bertz CT molecular complexity index is 437. The van der Waals surface area contributed by atoms with Crippen LogP contribution in [0.4, 0.5) is 0 Å². The van der Waals surface area contributed by atoms with Gasteiger partial charge in [0.05, 0.1) is 32.0 Å². The molecule has 7 heteroatoms. The van der Waals surface area contributed by atoms with Crippen LogP contribution in [0.5, 0.6) is 0 Å². The Hall–Kier alpha value is -1.02. The molecule has 1 aromatic heterocycles. The van der Waals surface area contributed by atoms with Crippen molar-refractivity contribution in [1.29, 1.82) is 0 Å². The van der Waals surface area contributed by atoms with E-state index in [4.69, 9.17) is 9.47 Å². The summed E-state index contributed by atoms with van der Waals surface area (Å²) in [4.78, 5) is 6.37. The van der Waals surface area contributed by atoms with E-state index in [9.17, 15) is 5.11 Å². The molecule has 23 heavy (non-hydrogen) atoms. The van der Waals surface area contributed by atoms with Crippen molar-refractivity contribution >= 4 is 0 Å². The van der Waals surface area contributed by atoms with Crippen LogP contribution in [0.1, 0.15) is 32.1 Å². The van der Waals surface area contributed by atoms with Crippen LogP contribution in [-0.2, 0) is 16.0 Å². The highest BCUT2D eigenvalue weighted by Crippen LogP contribution is 2.19. The molecular formula is C16H28N4O3. The van der Waals surface area contributed by atoms with Gasteiger partial charge in [-0.2, -0.15) is 5.10 Å². The van der Waals surface area contributed by atoms with Crippen molar-refractivity contribution in [3.05, 3.63) is 12.7 Å². The predicted octanol–water partition coefficient (Wildman–Crippen LogP) is 0.689. The van der Waals surface area contributed by atoms with E-state index >= 15 is 0 Å². The minimum Gasteiger partial charge on any atom is -0.389 e. The fourth-order valence-corrected chi connectivity index (χ4v) is 3.48. The largest absolute Gasteiger partial charge is 0.389 e. The van der Waals surface area contributed by atoms with Gasteiger partial charge in [-0.25, -0.2) is 4.98 Å². The number of aliphatic hydroxyl groups excluding tert-OH is 1. The van der Waals surface area contributed by atoms with Crippen molar-refractivity contribution in [3.8, 4) is 0 Å². The van der Waals surface area contributed by atoms with Crippen LogP contribution in [0.2, 0.25) is 0 Å². The van der Waals surface area contributed by atoms with Gasteiger partial charge in [-0.15, -0.1) is 0 Å². The maximum atomic E-state index is 10.3. The highest BCUT2D eigenvalue weighted by Gasteiger charge is 2.25. The number of nitrogens with zero attached hydrogens (tertiary/aromatic N) is 4. The Kier molecular flexibility index (Phi) is 6.38. The zero-order valence-corrected chi connectivity index (χ0v) is 13.7. The molecule has 3 heterocycles. The first kappa shape index (κ1) is 16.8. The van der Waals surface area contributed by atoms with Gasteiger partial charge in [0.25, 0.3) is 0 Å². The monoisotopic (exact) mass is 324 g/mol. The third-order valence-corrected chi connectivity index (χ3v) is 4.70. The molecule has 7 nitrogen and oxygen atoms in total. The van der Waals surface area contributed by atoms with Gasteiger partial charge in [0.2, 0.25) is 0 Å². The number of aromatic nitrogens is 3.